The van der Waals surface area contributed by atoms with E-state index in [1.54, 1.807) is 6.07 Å². The van der Waals surface area contributed by atoms with Gasteiger partial charge in [0, 0.05) is 50.3 Å². The first-order valence-corrected chi connectivity index (χ1v) is 11.1. The van der Waals surface area contributed by atoms with Gasteiger partial charge in [0.15, 0.2) is 0 Å². The molecule has 32 heavy (non-hydrogen) atoms. The van der Waals surface area contributed by atoms with Gasteiger partial charge in [0.25, 0.3) is 5.91 Å². The average Bonchev–Trinajstić information content (AvgIpc) is 3.32. The summed E-state index contributed by atoms with van der Waals surface area (Å²) in [6.45, 7) is 4.75. The van der Waals surface area contributed by atoms with Crippen molar-refractivity contribution >= 4 is 5.91 Å². The van der Waals surface area contributed by atoms with Crippen molar-refractivity contribution in [1.82, 2.24) is 9.80 Å². The molecule has 0 aliphatic carbocycles. The van der Waals surface area contributed by atoms with Crippen LogP contribution in [0, 0.1) is 11.3 Å². The minimum Gasteiger partial charge on any atom is -0.493 e. The molecule has 160 valence electrons. The number of carbonyl (C=O) groups excluding carboxylic acids is 1. The predicted octanol–water partition coefficient (Wildman–Crippen LogP) is 4.12. The highest BCUT2D eigenvalue weighted by Gasteiger charge is 2.25. The van der Waals surface area contributed by atoms with E-state index in [4.69, 9.17) is 4.74 Å². The van der Waals surface area contributed by atoms with Crippen LogP contribution < -0.4 is 4.74 Å². The highest BCUT2D eigenvalue weighted by atomic mass is 16.5. The predicted molar refractivity (Wildman–Crippen MR) is 123 cm³/mol. The number of nitriles is 1. The monoisotopic (exact) mass is 423 g/mol. The number of fused-ring (bicyclic) bond motifs is 1. The van der Waals surface area contributed by atoms with E-state index in [1.165, 1.54) is 11.1 Å². The van der Waals surface area contributed by atoms with Gasteiger partial charge in [0.2, 0.25) is 0 Å². The van der Waals surface area contributed by atoms with Gasteiger partial charge in [0.1, 0.15) is 5.75 Å². The molecule has 0 bridgehead atoms. The van der Waals surface area contributed by atoms with Gasteiger partial charge >= 0.3 is 0 Å². The SMILES string of the molecule is N#Cc1ccccc1-c1ccccc1C(=O)N1CCN(Cc2ccc3c(c2)CCO3)CC1. The zero-order chi connectivity index (χ0) is 21.9. The summed E-state index contributed by atoms with van der Waals surface area (Å²) in [6.07, 6.45) is 0.986. The molecule has 1 saturated heterocycles. The fourth-order valence-electron chi connectivity index (χ4n) is 4.60. The van der Waals surface area contributed by atoms with Gasteiger partial charge < -0.3 is 9.64 Å². The van der Waals surface area contributed by atoms with Gasteiger partial charge in [-0.2, -0.15) is 5.26 Å². The number of amides is 1. The molecule has 0 radical (unpaired) electrons. The van der Waals surface area contributed by atoms with Crippen LogP contribution in [0.4, 0.5) is 0 Å². The van der Waals surface area contributed by atoms with Crippen LogP contribution in [0.2, 0.25) is 0 Å². The maximum Gasteiger partial charge on any atom is 0.254 e. The molecule has 5 nitrogen and oxygen atoms in total. The van der Waals surface area contributed by atoms with Gasteiger partial charge in [-0.3, -0.25) is 9.69 Å². The lowest BCUT2D eigenvalue weighted by atomic mass is 9.95. The van der Waals surface area contributed by atoms with Crippen LogP contribution in [0.15, 0.2) is 66.7 Å². The molecule has 0 spiro atoms. The molecular formula is C27H25N3O2. The number of hydrogen-bond acceptors (Lipinski definition) is 4. The summed E-state index contributed by atoms with van der Waals surface area (Å²) >= 11 is 0. The smallest absolute Gasteiger partial charge is 0.254 e. The second-order valence-electron chi connectivity index (χ2n) is 8.31. The molecule has 0 N–H and O–H groups in total. The van der Waals surface area contributed by atoms with Crippen molar-refractivity contribution in [1.29, 1.82) is 5.26 Å². The topological polar surface area (TPSA) is 56.6 Å². The van der Waals surface area contributed by atoms with Crippen molar-refractivity contribution in [2.45, 2.75) is 13.0 Å². The fourth-order valence-corrected chi connectivity index (χ4v) is 4.60. The Morgan fingerprint density at radius 1 is 0.938 bits per heavy atom. The molecule has 0 atom stereocenters. The largest absolute Gasteiger partial charge is 0.493 e. The summed E-state index contributed by atoms with van der Waals surface area (Å²) < 4.78 is 5.61. The number of rotatable bonds is 4. The minimum atomic E-state index is 0.0303. The molecule has 5 rings (SSSR count). The van der Waals surface area contributed by atoms with Crippen LogP contribution in [0.5, 0.6) is 5.75 Å². The van der Waals surface area contributed by atoms with E-state index in [1.807, 2.05) is 47.4 Å². The normalized spacial score (nSPS) is 15.7. The first-order valence-electron chi connectivity index (χ1n) is 11.1. The van der Waals surface area contributed by atoms with Gasteiger partial charge in [0.05, 0.1) is 18.2 Å². The van der Waals surface area contributed by atoms with Crippen LogP contribution in [-0.4, -0.2) is 48.5 Å². The quantitative estimate of drug-likeness (QED) is 0.634. The van der Waals surface area contributed by atoms with Crippen LogP contribution in [0.1, 0.15) is 27.0 Å². The summed E-state index contributed by atoms with van der Waals surface area (Å²) in [5, 5.41) is 9.50. The fraction of sp³-hybridized carbons (Fsp3) is 0.259. The van der Waals surface area contributed by atoms with Gasteiger partial charge in [-0.25, -0.2) is 0 Å². The van der Waals surface area contributed by atoms with E-state index in [9.17, 15) is 10.1 Å². The third kappa shape index (κ3) is 3.98. The van der Waals surface area contributed by atoms with Crippen LogP contribution in [0.25, 0.3) is 11.1 Å². The number of nitrogens with zero attached hydrogens (tertiary/aromatic N) is 3. The lowest BCUT2D eigenvalue weighted by Crippen LogP contribution is -2.48. The van der Waals surface area contributed by atoms with E-state index in [2.05, 4.69) is 29.2 Å². The Morgan fingerprint density at radius 2 is 1.69 bits per heavy atom. The molecule has 2 aliphatic rings. The lowest BCUT2D eigenvalue weighted by molar-refractivity contribution is 0.0629. The van der Waals surface area contributed by atoms with Crippen LogP contribution >= 0.6 is 0 Å². The maximum atomic E-state index is 13.4. The molecule has 3 aromatic carbocycles. The standard InChI is InChI=1S/C27H25N3O2/c28-18-22-5-1-2-6-23(22)24-7-3-4-8-25(24)27(31)30-14-12-29(13-15-30)19-20-9-10-26-21(17-20)11-16-32-26/h1-10,17H,11-16,19H2. The Morgan fingerprint density at radius 3 is 2.50 bits per heavy atom. The Labute approximate surface area is 188 Å². The summed E-state index contributed by atoms with van der Waals surface area (Å²) in [4.78, 5) is 17.7. The summed E-state index contributed by atoms with van der Waals surface area (Å²) in [7, 11) is 0. The van der Waals surface area contributed by atoms with Crippen molar-refractivity contribution in [3.05, 3.63) is 89.0 Å². The van der Waals surface area contributed by atoms with Gasteiger partial charge in [-0.05, 0) is 34.9 Å². The van der Waals surface area contributed by atoms with E-state index < -0.39 is 0 Å². The highest BCUT2D eigenvalue weighted by Crippen LogP contribution is 2.29. The van der Waals surface area contributed by atoms with E-state index in [-0.39, 0.29) is 5.91 Å². The van der Waals surface area contributed by atoms with E-state index in [0.717, 1.165) is 49.5 Å². The van der Waals surface area contributed by atoms with Crippen molar-refractivity contribution in [2.75, 3.05) is 32.8 Å². The molecule has 5 heteroatoms. The van der Waals surface area contributed by atoms with Gasteiger partial charge in [-0.15, -0.1) is 0 Å². The zero-order valence-corrected chi connectivity index (χ0v) is 18.0. The third-order valence-corrected chi connectivity index (χ3v) is 6.31. The van der Waals surface area contributed by atoms with E-state index >= 15 is 0 Å². The second-order valence-corrected chi connectivity index (χ2v) is 8.31. The van der Waals surface area contributed by atoms with Gasteiger partial charge in [-0.1, -0.05) is 48.5 Å². The zero-order valence-electron chi connectivity index (χ0n) is 18.0. The van der Waals surface area contributed by atoms with Crippen molar-refractivity contribution in [3.63, 3.8) is 0 Å². The average molecular weight is 424 g/mol. The Bertz CT molecular complexity index is 1190. The molecule has 0 unspecified atom stereocenters. The van der Waals surface area contributed by atoms with Crippen molar-refractivity contribution in [3.8, 4) is 22.9 Å². The minimum absolute atomic E-state index is 0.0303. The molecular weight excluding hydrogens is 398 g/mol. The molecule has 1 fully saturated rings. The number of ether oxygens (including phenoxy) is 1. The molecule has 1 amide bonds. The summed E-state index contributed by atoms with van der Waals surface area (Å²) in [6, 6.07) is 23.8. The number of carbonyl (C=O) groups is 1. The first-order chi connectivity index (χ1) is 15.7. The van der Waals surface area contributed by atoms with Crippen molar-refractivity contribution in [2.24, 2.45) is 0 Å². The molecule has 2 aliphatic heterocycles. The highest BCUT2D eigenvalue weighted by molar-refractivity contribution is 6.01. The summed E-state index contributed by atoms with van der Waals surface area (Å²) in [5.41, 5.74) is 5.45. The summed E-state index contributed by atoms with van der Waals surface area (Å²) in [5.74, 6) is 1.04. The molecule has 0 saturated carbocycles. The van der Waals surface area contributed by atoms with Crippen LogP contribution in [0.3, 0.4) is 0 Å². The van der Waals surface area contributed by atoms with Crippen molar-refractivity contribution < 1.29 is 9.53 Å². The Balaban J connectivity index is 1.28. The third-order valence-electron chi connectivity index (χ3n) is 6.31. The number of hydrogen-bond donors (Lipinski definition) is 0. The Kier molecular flexibility index (Phi) is 5.62. The Hall–Kier alpha value is -3.62. The van der Waals surface area contributed by atoms with E-state index in [0.29, 0.717) is 24.2 Å². The second kappa shape index (κ2) is 8.86. The number of benzene rings is 3. The molecule has 0 aromatic heterocycles. The number of piperazine rings is 1. The van der Waals surface area contributed by atoms with Crippen LogP contribution in [-0.2, 0) is 13.0 Å². The lowest BCUT2D eigenvalue weighted by Gasteiger charge is -2.35. The molecule has 2 heterocycles. The first kappa shape index (κ1) is 20.3. The molecule has 3 aromatic rings. The maximum absolute atomic E-state index is 13.4.